The lowest BCUT2D eigenvalue weighted by Crippen LogP contribution is -1.89. The lowest BCUT2D eigenvalue weighted by atomic mass is 9.98. The Labute approximate surface area is 122 Å². The molecular formula is C18H12N2O. The number of nitriles is 1. The van der Waals surface area contributed by atoms with Crippen molar-refractivity contribution in [1.29, 1.82) is 5.26 Å². The highest BCUT2D eigenvalue weighted by molar-refractivity contribution is 5.94. The SMILES string of the molecule is N#Cc1ccc2c(-c3cccc(CC=O)c3)cccc2n1. The molecule has 0 saturated heterocycles. The van der Waals surface area contributed by atoms with Crippen molar-refractivity contribution < 1.29 is 4.79 Å². The number of pyridine rings is 1. The van der Waals surface area contributed by atoms with Crippen LogP contribution in [-0.2, 0) is 11.2 Å². The summed E-state index contributed by atoms with van der Waals surface area (Å²) in [6.07, 6.45) is 1.32. The largest absolute Gasteiger partial charge is 0.303 e. The van der Waals surface area contributed by atoms with Gasteiger partial charge in [0.2, 0.25) is 0 Å². The van der Waals surface area contributed by atoms with Gasteiger partial charge in [0.1, 0.15) is 18.0 Å². The second kappa shape index (κ2) is 5.56. The second-order valence-corrected chi connectivity index (χ2v) is 4.75. The number of aromatic nitrogens is 1. The van der Waals surface area contributed by atoms with Crippen molar-refractivity contribution >= 4 is 17.2 Å². The summed E-state index contributed by atoms with van der Waals surface area (Å²) in [6.45, 7) is 0. The standard InChI is InChI=1S/C18H12N2O/c19-12-15-7-8-17-16(5-2-6-18(17)20-15)14-4-1-3-13(11-14)9-10-21/h1-8,10-11H,9H2. The zero-order valence-electron chi connectivity index (χ0n) is 11.3. The van der Waals surface area contributed by atoms with Crippen molar-refractivity contribution in [3.63, 3.8) is 0 Å². The Hall–Kier alpha value is -2.99. The monoisotopic (exact) mass is 272 g/mol. The van der Waals surface area contributed by atoms with E-state index >= 15 is 0 Å². The number of carbonyl (C=O) groups is 1. The predicted molar refractivity (Wildman–Crippen MR) is 81.7 cm³/mol. The lowest BCUT2D eigenvalue weighted by molar-refractivity contribution is -0.107. The summed E-state index contributed by atoms with van der Waals surface area (Å²) in [6, 6.07) is 19.5. The van der Waals surface area contributed by atoms with E-state index in [1.54, 1.807) is 6.07 Å². The first-order valence-corrected chi connectivity index (χ1v) is 6.64. The van der Waals surface area contributed by atoms with Gasteiger partial charge in [0.15, 0.2) is 0 Å². The molecule has 1 heterocycles. The molecule has 0 spiro atoms. The topological polar surface area (TPSA) is 53.8 Å². The minimum Gasteiger partial charge on any atom is -0.303 e. The molecule has 0 unspecified atom stereocenters. The third-order valence-corrected chi connectivity index (χ3v) is 3.40. The first kappa shape index (κ1) is 13.0. The smallest absolute Gasteiger partial charge is 0.141 e. The molecule has 0 fully saturated rings. The van der Waals surface area contributed by atoms with E-state index in [0.717, 1.165) is 33.9 Å². The molecule has 2 aromatic carbocycles. The van der Waals surface area contributed by atoms with E-state index in [4.69, 9.17) is 5.26 Å². The van der Waals surface area contributed by atoms with Crippen molar-refractivity contribution in [2.45, 2.75) is 6.42 Å². The molecule has 0 N–H and O–H groups in total. The first-order chi connectivity index (χ1) is 10.3. The van der Waals surface area contributed by atoms with Gasteiger partial charge in [0.25, 0.3) is 0 Å². The van der Waals surface area contributed by atoms with E-state index in [0.29, 0.717) is 12.1 Å². The minimum atomic E-state index is 0.411. The number of nitrogens with zero attached hydrogens (tertiary/aromatic N) is 2. The molecule has 21 heavy (non-hydrogen) atoms. The van der Waals surface area contributed by atoms with E-state index in [1.807, 2.05) is 48.5 Å². The summed E-state index contributed by atoms with van der Waals surface area (Å²) in [5.74, 6) is 0. The fourth-order valence-corrected chi connectivity index (χ4v) is 2.43. The van der Waals surface area contributed by atoms with Crippen LogP contribution in [0.2, 0.25) is 0 Å². The molecule has 3 heteroatoms. The van der Waals surface area contributed by atoms with Gasteiger partial charge < -0.3 is 4.79 Å². The highest BCUT2D eigenvalue weighted by Crippen LogP contribution is 2.28. The molecule has 0 amide bonds. The normalized spacial score (nSPS) is 10.2. The molecule has 100 valence electrons. The molecule has 3 rings (SSSR count). The van der Waals surface area contributed by atoms with Gasteiger partial charge in [0, 0.05) is 11.8 Å². The molecule has 3 nitrogen and oxygen atoms in total. The quantitative estimate of drug-likeness (QED) is 0.685. The highest BCUT2D eigenvalue weighted by atomic mass is 16.1. The Kier molecular flexibility index (Phi) is 3.44. The van der Waals surface area contributed by atoms with Gasteiger partial charge in [-0.25, -0.2) is 4.98 Å². The van der Waals surface area contributed by atoms with E-state index in [9.17, 15) is 4.79 Å². The molecule has 0 radical (unpaired) electrons. The lowest BCUT2D eigenvalue weighted by Gasteiger charge is -2.08. The second-order valence-electron chi connectivity index (χ2n) is 4.75. The van der Waals surface area contributed by atoms with Gasteiger partial charge in [0.05, 0.1) is 5.52 Å². The van der Waals surface area contributed by atoms with Crippen molar-refractivity contribution in [2.24, 2.45) is 0 Å². The number of hydrogen-bond donors (Lipinski definition) is 0. The van der Waals surface area contributed by atoms with Crippen LogP contribution in [0.25, 0.3) is 22.0 Å². The summed E-state index contributed by atoms with van der Waals surface area (Å²) in [5.41, 5.74) is 4.30. The summed E-state index contributed by atoms with van der Waals surface area (Å²) in [4.78, 5) is 15.0. The van der Waals surface area contributed by atoms with Crippen molar-refractivity contribution in [2.75, 3.05) is 0 Å². The van der Waals surface area contributed by atoms with E-state index < -0.39 is 0 Å². The summed E-state index contributed by atoms with van der Waals surface area (Å²) in [5, 5.41) is 9.93. The van der Waals surface area contributed by atoms with Gasteiger partial charge in [-0.1, -0.05) is 36.4 Å². The van der Waals surface area contributed by atoms with Crippen molar-refractivity contribution in [3.8, 4) is 17.2 Å². The van der Waals surface area contributed by atoms with Crippen LogP contribution in [0.4, 0.5) is 0 Å². The number of aldehydes is 1. The fourth-order valence-electron chi connectivity index (χ4n) is 2.43. The number of fused-ring (bicyclic) bond motifs is 1. The number of rotatable bonds is 3. The Morgan fingerprint density at radius 1 is 1.10 bits per heavy atom. The van der Waals surface area contributed by atoms with E-state index in [1.165, 1.54) is 0 Å². The average molecular weight is 272 g/mol. The number of benzene rings is 2. The van der Waals surface area contributed by atoms with Gasteiger partial charge in [-0.15, -0.1) is 0 Å². The van der Waals surface area contributed by atoms with Crippen molar-refractivity contribution in [1.82, 2.24) is 4.98 Å². The van der Waals surface area contributed by atoms with Gasteiger partial charge in [-0.2, -0.15) is 5.26 Å². The molecular weight excluding hydrogens is 260 g/mol. The third kappa shape index (κ3) is 2.52. The first-order valence-electron chi connectivity index (χ1n) is 6.64. The Bertz CT molecular complexity index is 862. The highest BCUT2D eigenvalue weighted by Gasteiger charge is 2.06. The van der Waals surface area contributed by atoms with Crippen LogP contribution < -0.4 is 0 Å². The van der Waals surface area contributed by atoms with Gasteiger partial charge >= 0.3 is 0 Å². The summed E-state index contributed by atoms with van der Waals surface area (Å²) >= 11 is 0. The van der Waals surface area contributed by atoms with Crippen LogP contribution in [0.5, 0.6) is 0 Å². The zero-order valence-corrected chi connectivity index (χ0v) is 11.3. The average Bonchev–Trinajstić information content (AvgIpc) is 2.54. The summed E-state index contributed by atoms with van der Waals surface area (Å²) in [7, 11) is 0. The maximum atomic E-state index is 10.7. The molecule has 0 atom stereocenters. The van der Waals surface area contributed by atoms with E-state index in [2.05, 4.69) is 11.1 Å². The fraction of sp³-hybridized carbons (Fsp3) is 0.0556. The molecule has 0 bridgehead atoms. The van der Waals surface area contributed by atoms with Crippen LogP contribution in [-0.4, -0.2) is 11.3 Å². The maximum absolute atomic E-state index is 10.7. The van der Waals surface area contributed by atoms with Gasteiger partial charge in [-0.3, -0.25) is 0 Å². The Balaban J connectivity index is 2.18. The number of hydrogen-bond acceptors (Lipinski definition) is 3. The van der Waals surface area contributed by atoms with Crippen LogP contribution in [0.15, 0.2) is 54.6 Å². The zero-order chi connectivity index (χ0) is 14.7. The van der Waals surface area contributed by atoms with Gasteiger partial charge in [-0.05, 0) is 34.9 Å². The van der Waals surface area contributed by atoms with Crippen LogP contribution in [0.3, 0.4) is 0 Å². The molecule has 3 aromatic rings. The maximum Gasteiger partial charge on any atom is 0.141 e. The Morgan fingerprint density at radius 2 is 1.95 bits per heavy atom. The molecule has 0 saturated carbocycles. The van der Waals surface area contributed by atoms with Crippen LogP contribution in [0.1, 0.15) is 11.3 Å². The van der Waals surface area contributed by atoms with E-state index in [-0.39, 0.29) is 0 Å². The molecule has 0 aliphatic rings. The van der Waals surface area contributed by atoms with Crippen LogP contribution in [0, 0.1) is 11.3 Å². The predicted octanol–water partition coefficient (Wildman–Crippen LogP) is 3.51. The van der Waals surface area contributed by atoms with Crippen molar-refractivity contribution in [3.05, 3.63) is 65.9 Å². The molecule has 0 aliphatic heterocycles. The molecule has 0 aliphatic carbocycles. The number of carbonyl (C=O) groups excluding carboxylic acids is 1. The molecule has 1 aromatic heterocycles. The minimum absolute atomic E-state index is 0.411. The Morgan fingerprint density at radius 3 is 2.76 bits per heavy atom. The van der Waals surface area contributed by atoms with Crippen LogP contribution >= 0.6 is 0 Å². The summed E-state index contributed by atoms with van der Waals surface area (Å²) < 4.78 is 0. The third-order valence-electron chi connectivity index (χ3n) is 3.40.